The summed E-state index contributed by atoms with van der Waals surface area (Å²) in [6.45, 7) is 0. The molecule has 0 atom stereocenters. The Morgan fingerprint density at radius 1 is 1.15 bits per heavy atom. The number of nitrogens with one attached hydrogen (secondary N) is 1. The molecule has 2 aromatic carbocycles. The minimum absolute atomic E-state index is 0.0547. The molecule has 0 aliphatic rings. The van der Waals surface area contributed by atoms with Crippen LogP contribution in [0.1, 0.15) is 10.4 Å². The molecule has 2 aromatic rings. The predicted molar refractivity (Wildman–Crippen MR) is 81.7 cm³/mol. The Kier molecular flexibility index (Phi) is 4.25. The maximum Gasteiger partial charge on any atom is 0.258 e. The molecule has 0 aliphatic carbocycles. The smallest absolute Gasteiger partial charge is 0.258 e. The fourth-order valence-electron chi connectivity index (χ4n) is 1.91. The van der Waals surface area contributed by atoms with Gasteiger partial charge in [0.05, 0.1) is 7.11 Å². The molecule has 0 bridgehead atoms. The molecule has 0 saturated carbocycles. The first-order valence-corrected chi connectivity index (χ1v) is 6.35. The molecule has 4 heteroatoms. The summed E-state index contributed by atoms with van der Waals surface area (Å²) in [6, 6.07) is 14.8. The Balaban J connectivity index is 2.22. The van der Waals surface area contributed by atoms with E-state index in [-0.39, 0.29) is 5.91 Å². The van der Waals surface area contributed by atoms with Crippen LogP contribution in [0.3, 0.4) is 0 Å². The average Bonchev–Trinajstić information content (AvgIpc) is 2.53. The van der Waals surface area contributed by atoms with Crippen LogP contribution in [-0.2, 0) is 0 Å². The second-order valence-corrected chi connectivity index (χ2v) is 4.39. The molecule has 4 nitrogen and oxygen atoms in total. The quantitative estimate of drug-likeness (QED) is 0.928. The standard InChI is InChI=1S/C16H18N2O2/c1-17-13-9-7-12(8-10-13)16(19)18(2)14-5-4-6-15(11-14)20-3/h4-11,17H,1-3H3. The van der Waals surface area contributed by atoms with Crippen molar-refractivity contribution in [1.82, 2.24) is 0 Å². The molecular weight excluding hydrogens is 252 g/mol. The summed E-state index contributed by atoms with van der Waals surface area (Å²) in [5.41, 5.74) is 2.42. The molecule has 2 rings (SSSR count). The SMILES string of the molecule is CNc1ccc(C(=O)N(C)c2cccc(OC)c2)cc1. The van der Waals surface area contributed by atoms with Crippen molar-refractivity contribution in [2.75, 3.05) is 31.4 Å². The molecule has 1 amide bonds. The molecule has 0 radical (unpaired) electrons. The highest BCUT2D eigenvalue weighted by Gasteiger charge is 2.13. The van der Waals surface area contributed by atoms with E-state index in [9.17, 15) is 4.79 Å². The van der Waals surface area contributed by atoms with Crippen LogP contribution in [0.15, 0.2) is 48.5 Å². The largest absolute Gasteiger partial charge is 0.497 e. The van der Waals surface area contributed by atoms with Crippen LogP contribution in [0.25, 0.3) is 0 Å². The minimum Gasteiger partial charge on any atom is -0.497 e. The molecular formula is C16H18N2O2. The highest BCUT2D eigenvalue weighted by Crippen LogP contribution is 2.21. The van der Waals surface area contributed by atoms with Gasteiger partial charge < -0.3 is 15.0 Å². The number of benzene rings is 2. The highest BCUT2D eigenvalue weighted by atomic mass is 16.5. The zero-order chi connectivity index (χ0) is 14.5. The maximum absolute atomic E-state index is 12.4. The fourth-order valence-corrected chi connectivity index (χ4v) is 1.91. The van der Waals surface area contributed by atoms with Crippen LogP contribution in [0, 0.1) is 0 Å². The predicted octanol–water partition coefficient (Wildman–Crippen LogP) is 3.01. The lowest BCUT2D eigenvalue weighted by Crippen LogP contribution is -2.26. The second-order valence-electron chi connectivity index (χ2n) is 4.39. The molecule has 104 valence electrons. The van der Waals surface area contributed by atoms with Crippen molar-refractivity contribution in [3.8, 4) is 5.75 Å². The molecule has 0 aliphatic heterocycles. The molecule has 0 unspecified atom stereocenters. The van der Waals surface area contributed by atoms with Crippen molar-refractivity contribution in [2.24, 2.45) is 0 Å². The zero-order valence-corrected chi connectivity index (χ0v) is 11.9. The van der Waals surface area contributed by atoms with Crippen LogP contribution in [0.2, 0.25) is 0 Å². The minimum atomic E-state index is -0.0547. The van der Waals surface area contributed by atoms with Gasteiger partial charge >= 0.3 is 0 Å². The molecule has 0 fully saturated rings. The maximum atomic E-state index is 12.4. The highest BCUT2D eigenvalue weighted by molar-refractivity contribution is 6.05. The number of amides is 1. The number of methoxy groups -OCH3 is 1. The van der Waals surface area contributed by atoms with Crippen LogP contribution in [0.5, 0.6) is 5.75 Å². The van der Waals surface area contributed by atoms with Gasteiger partial charge in [-0.15, -0.1) is 0 Å². The summed E-state index contributed by atoms with van der Waals surface area (Å²) in [6.07, 6.45) is 0. The van der Waals surface area contributed by atoms with Crippen molar-refractivity contribution in [3.05, 3.63) is 54.1 Å². The van der Waals surface area contributed by atoms with E-state index in [0.717, 1.165) is 17.1 Å². The zero-order valence-electron chi connectivity index (χ0n) is 11.9. The first kappa shape index (κ1) is 13.9. The number of rotatable bonds is 4. The third-order valence-corrected chi connectivity index (χ3v) is 3.17. The molecule has 1 N–H and O–H groups in total. The fraction of sp³-hybridized carbons (Fsp3) is 0.188. The van der Waals surface area contributed by atoms with E-state index in [1.807, 2.05) is 55.6 Å². The molecule has 0 spiro atoms. The van der Waals surface area contributed by atoms with Crippen LogP contribution < -0.4 is 15.0 Å². The summed E-state index contributed by atoms with van der Waals surface area (Å²) in [4.78, 5) is 14.0. The number of hydrogen-bond acceptors (Lipinski definition) is 3. The average molecular weight is 270 g/mol. The van der Waals surface area contributed by atoms with Gasteiger partial charge in [0.2, 0.25) is 0 Å². The van der Waals surface area contributed by atoms with Gasteiger partial charge in [0.1, 0.15) is 5.75 Å². The van der Waals surface area contributed by atoms with Crippen LogP contribution >= 0.6 is 0 Å². The lowest BCUT2D eigenvalue weighted by atomic mass is 10.1. The summed E-state index contributed by atoms with van der Waals surface area (Å²) >= 11 is 0. The van der Waals surface area contributed by atoms with Crippen molar-refractivity contribution >= 4 is 17.3 Å². The van der Waals surface area contributed by atoms with E-state index < -0.39 is 0 Å². The van der Waals surface area contributed by atoms with E-state index in [0.29, 0.717) is 5.56 Å². The Morgan fingerprint density at radius 3 is 2.45 bits per heavy atom. The summed E-state index contributed by atoms with van der Waals surface area (Å²) in [5, 5.41) is 3.03. The van der Waals surface area contributed by atoms with Gasteiger partial charge in [0, 0.05) is 37.1 Å². The van der Waals surface area contributed by atoms with Gasteiger partial charge in [-0.3, -0.25) is 4.79 Å². The number of carbonyl (C=O) groups is 1. The third-order valence-electron chi connectivity index (χ3n) is 3.17. The Hall–Kier alpha value is -2.49. The number of hydrogen-bond donors (Lipinski definition) is 1. The Labute approximate surface area is 119 Å². The van der Waals surface area contributed by atoms with E-state index in [4.69, 9.17) is 4.74 Å². The molecule has 20 heavy (non-hydrogen) atoms. The number of carbonyl (C=O) groups excluding carboxylic acids is 1. The summed E-state index contributed by atoms with van der Waals surface area (Å²) in [7, 11) is 5.21. The third kappa shape index (κ3) is 2.91. The number of nitrogens with zero attached hydrogens (tertiary/aromatic N) is 1. The Bertz CT molecular complexity index is 594. The van der Waals surface area contributed by atoms with Gasteiger partial charge in [-0.1, -0.05) is 6.07 Å². The van der Waals surface area contributed by atoms with Gasteiger partial charge in [-0.25, -0.2) is 0 Å². The summed E-state index contributed by atoms with van der Waals surface area (Å²) < 4.78 is 5.17. The van der Waals surface area contributed by atoms with Crippen molar-refractivity contribution in [1.29, 1.82) is 0 Å². The van der Waals surface area contributed by atoms with E-state index in [2.05, 4.69) is 5.32 Å². The van der Waals surface area contributed by atoms with E-state index in [1.165, 1.54) is 0 Å². The molecule has 0 heterocycles. The van der Waals surface area contributed by atoms with Gasteiger partial charge in [0.15, 0.2) is 0 Å². The molecule has 0 aromatic heterocycles. The van der Waals surface area contributed by atoms with E-state index in [1.54, 1.807) is 19.1 Å². The van der Waals surface area contributed by atoms with E-state index >= 15 is 0 Å². The topological polar surface area (TPSA) is 41.6 Å². The number of ether oxygens (including phenoxy) is 1. The van der Waals surface area contributed by atoms with Crippen LogP contribution in [-0.4, -0.2) is 27.1 Å². The lowest BCUT2D eigenvalue weighted by molar-refractivity contribution is 0.0993. The van der Waals surface area contributed by atoms with Crippen molar-refractivity contribution < 1.29 is 9.53 Å². The van der Waals surface area contributed by atoms with Gasteiger partial charge in [0.25, 0.3) is 5.91 Å². The van der Waals surface area contributed by atoms with Gasteiger partial charge in [-0.05, 0) is 36.4 Å². The first-order chi connectivity index (χ1) is 9.65. The van der Waals surface area contributed by atoms with Gasteiger partial charge in [-0.2, -0.15) is 0 Å². The monoisotopic (exact) mass is 270 g/mol. The van der Waals surface area contributed by atoms with Crippen LogP contribution in [0.4, 0.5) is 11.4 Å². The summed E-state index contributed by atoms with van der Waals surface area (Å²) in [5.74, 6) is 0.675. The van der Waals surface area contributed by atoms with Crippen molar-refractivity contribution in [3.63, 3.8) is 0 Å². The second kappa shape index (κ2) is 6.10. The van der Waals surface area contributed by atoms with Crippen molar-refractivity contribution in [2.45, 2.75) is 0 Å². The molecule has 0 saturated heterocycles. The lowest BCUT2D eigenvalue weighted by Gasteiger charge is -2.18. The normalized spacial score (nSPS) is 9.95. The Morgan fingerprint density at radius 2 is 1.85 bits per heavy atom. The number of anilines is 2. The first-order valence-electron chi connectivity index (χ1n) is 6.35.